The number of carbonyl (C=O) groups is 3. The maximum atomic E-state index is 12.8. The molecular weight excluding hydrogens is 398 g/mol. The summed E-state index contributed by atoms with van der Waals surface area (Å²) in [6.07, 6.45) is 0.762. The van der Waals surface area contributed by atoms with E-state index < -0.39 is 11.7 Å². The molecule has 8 heteroatoms. The predicted octanol–water partition coefficient (Wildman–Crippen LogP) is 3.94. The Balaban J connectivity index is 1.70. The number of ether oxygens (including phenoxy) is 1. The van der Waals surface area contributed by atoms with Crippen molar-refractivity contribution < 1.29 is 23.5 Å². The molecule has 0 atom stereocenters. The van der Waals surface area contributed by atoms with Gasteiger partial charge in [-0.3, -0.25) is 14.9 Å². The number of rotatable bonds is 6. The lowest BCUT2D eigenvalue weighted by molar-refractivity contribution is 0.0635. The third-order valence-corrected chi connectivity index (χ3v) is 4.21. The molecule has 1 heterocycles. The molecule has 8 nitrogen and oxygen atoms in total. The molecule has 31 heavy (non-hydrogen) atoms. The standard InChI is InChI=1S/C23H25N3O5/c1-23(2,3)31-22(29)26-18-14-16-8-5-4-7-15(16)13-17(18)20(27)24-10-11-25-21(28)19-9-6-12-30-19/h4-9,12-14H,10-11H2,1-3H3,(H,24,27)(H,25,28)(H,26,29). The maximum absolute atomic E-state index is 12.8. The van der Waals surface area contributed by atoms with Crippen molar-refractivity contribution in [3.63, 3.8) is 0 Å². The van der Waals surface area contributed by atoms with Crippen molar-refractivity contribution >= 4 is 34.4 Å². The Labute approximate surface area is 179 Å². The lowest BCUT2D eigenvalue weighted by Crippen LogP contribution is -2.35. The first-order valence-electron chi connectivity index (χ1n) is 9.85. The van der Waals surface area contributed by atoms with E-state index in [9.17, 15) is 14.4 Å². The van der Waals surface area contributed by atoms with Crippen LogP contribution < -0.4 is 16.0 Å². The molecule has 3 N–H and O–H groups in total. The fourth-order valence-electron chi connectivity index (χ4n) is 2.89. The summed E-state index contributed by atoms with van der Waals surface area (Å²) in [5, 5.41) is 9.80. The first kappa shape index (κ1) is 21.9. The monoisotopic (exact) mass is 423 g/mol. The van der Waals surface area contributed by atoms with E-state index in [1.165, 1.54) is 6.26 Å². The zero-order valence-electron chi connectivity index (χ0n) is 17.7. The highest BCUT2D eigenvalue weighted by Crippen LogP contribution is 2.25. The maximum Gasteiger partial charge on any atom is 0.412 e. The minimum atomic E-state index is -0.671. The summed E-state index contributed by atoms with van der Waals surface area (Å²) in [5.41, 5.74) is -0.0396. The third-order valence-electron chi connectivity index (χ3n) is 4.21. The first-order chi connectivity index (χ1) is 14.7. The third kappa shape index (κ3) is 6.08. The van der Waals surface area contributed by atoms with E-state index in [1.807, 2.05) is 24.3 Å². The van der Waals surface area contributed by atoms with Crippen molar-refractivity contribution in [3.05, 3.63) is 66.1 Å². The Bertz CT molecular complexity index is 1080. The second kappa shape index (κ2) is 9.34. The quantitative estimate of drug-likeness (QED) is 0.520. The number of fused-ring (bicyclic) bond motifs is 1. The molecule has 3 amide bonds. The SMILES string of the molecule is CC(C)(C)OC(=O)Nc1cc2ccccc2cc1C(=O)NCCNC(=O)c1ccco1. The Morgan fingerprint density at radius 2 is 1.55 bits per heavy atom. The molecule has 162 valence electrons. The van der Waals surface area contributed by atoms with Crippen molar-refractivity contribution in [1.29, 1.82) is 0 Å². The summed E-state index contributed by atoms with van der Waals surface area (Å²) in [7, 11) is 0. The van der Waals surface area contributed by atoms with Crippen LogP contribution in [0.15, 0.2) is 59.2 Å². The molecule has 0 unspecified atom stereocenters. The van der Waals surface area contributed by atoms with Gasteiger partial charge in [0.1, 0.15) is 5.60 Å². The summed E-state index contributed by atoms with van der Waals surface area (Å²) >= 11 is 0. The summed E-state index contributed by atoms with van der Waals surface area (Å²) in [5.74, 6) is -0.550. The zero-order chi connectivity index (χ0) is 22.4. The van der Waals surface area contributed by atoms with Crippen LogP contribution in [-0.2, 0) is 4.74 Å². The van der Waals surface area contributed by atoms with Gasteiger partial charge in [0.05, 0.1) is 17.5 Å². The highest BCUT2D eigenvalue weighted by molar-refractivity contribution is 6.07. The van der Waals surface area contributed by atoms with Crippen molar-refractivity contribution in [2.24, 2.45) is 0 Å². The van der Waals surface area contributed by atoms with Crippen LogP contribution in [0.4, 0.5) is 10.5 Å². The fraction of sp³-hybridized carbons (Fsp3) is 0.261. The number of hydrogen-bond donors (Lipinski definition) is 3. The number of anilines is 1. The van der Waals surface area contributed by atoms with Crippen molar-refractivity contribution in [2.45, 2.75) is 26.4 Å². The fourth-order valence-corrected chi connectivity index (χ4v) is 2.89. The van der Waals surface area contributed by atoms with Crippen LogP contribution in [0.5, 0.6) is 0 Å². The first-order valence-corrected chi connectivity index (χ1v) is 9.85. The minimum Gasteiger partial charge on any atom is -0.459 e. The minimum absolute atomic E-state index is 0.198. The van der Waals surface area contributed by atoms with E-state index in [4.69, 9.17) is 9.15 Å². The molecule has 0 saturated carbocycles. The average molecular weight is 423 g/mol. The molecular formula is C23H25N3O5. The zero-order valence-corrected chi connectivity index (χ0v) is 17.7. The van der Waals surface area contributed by atoms with Crippen LogP contribution in [0.25, 0.3) is 10.8 Å². The van der Waals surface area contributed by atoms with Crippen LogP contribution in [0, 0.1) is 0 Å². The smallest absolute Gasteiger partial charge is 0.412 e. The largest absolute Gasteiger partial charge is 0.459 e. The van der Waals surface area contributed by atoms with Gasteiger partial charge in [0.25, 0.3) is 11.8 Å². The summed E-state index contributed by atoms with van der Waals surface area (Å²) in [6, 6.07) is 14.1. The van der Waals surface area contributed by atoms with Gasteiger partial charge in [-0.25, -0.2) is 4.79 Å². The molecule has 3 rings (SSSR count). The van der Waals surface area contributed by atoms with Crippen LogP contribution in [0.3, 0.4) is 0 Å². The Morgan fingerprint density at radius 1 is 0.903 bits per heavy atom. The Morgan fingerprint density at radius 3 is 2.16 bits per heavy atom. The van der Waals surface area contributed by atoms with Gasteiger partial charge < -0.3 is 19.8 Å². The number of amides is 3. The molecule has 1 aromatic heterocycles. The van der Waals surface area contributed by atoms with E-state index >= 15 is 0 Å². The molecule has 2 aromatic carbocycles. The van der Waals surface area contributed by atoms with Gasteiger partial charge in [-0.05, 0) is 55.8 Å². The molecule has 0 aliphatic rings. The molecule has 0 bridgehead atoms. The Hall–Kier alpha value is -3.81. The van der Waals surface area contributed by atoms with Crippen molar-refractivity contribution in [3.8, 4) is 0 Å². The number of carbonyl (C=O) groups excluding carboxylic acids is 3. The second-order valence-electron chi connectivity index (χ2n) is 7.86. The van der Waals surface area contributed by atoms with E-state index in [-0.39, 0.29) is 30.7 Å². The van der Waals surface area contributed by atoms with Crippen LogP contribution >= 0.6 is 0 Å². The van der Waals surface area contributed by atoms with Crippen molar-refractivity contribution in [2.75, 3.05) is 18.4 Å². The normalized spacial score (nSPS) is 11.1. The topological polar surface area (TPSA) is 110 Å². The average Bonchev–Trinajstić information content (AvgIpc) is 3.24. The summed E-state index contributed by atoms with van der Waals surface area (Å²) in [6.45, 7) is 5.70. The van der Waals surface area contributed by atoms with Gasteiger partial charge in [-0.2, -0.15) is 0 Å². The summed E-state index contributed by atoms with van der Waals surface area (Å²) < 4.78 is 10.3. The highest BCUT2D eigenvalue weighted by Gasteiger charge is 2.20. The van der Waals surface area contributed by atoms with Crippen LogP contribution in [0.2, 0.25) is 0 Å². The number of hydrogen-bond acceptors (Lipinski definition) is 5. The highest BCUT2D eigenvalue weighted by atomic mass is 16.6. The molecule has 0 aliphatic carbocycles. The van der Waals surface area contributed by atoms with E-state index in [0.717, 1.165) is 10.8 Å². The number of furan rings is 1. The lowest BCUT2D eigenvalue weighted by atomic mass is 10.0. The molecule has 0 aliphatic heterocycles. The van der Waals surface area contributed by atoms with Gasteiger partial charge in [-0.15, -0.1) is 0 Å². The lowest BCUT2D eigenvalue weighted by Gasteiger charge is -2.20. The molecule has 0 fully saturated rings. The number of nitrogens with one attached hydrogen (secondary N) is 3. The molecule has 3 aromatic rings. The molecule has 0 radical (unpaired) electrons. The summed E-state index contributed by atoms with van der Waals surface area (Å²) in [4.78, 5) is 37.0. The predicted molar refractivity (Wildman–Crippen MR) is 117 cm³/mol. The van der Waals surface area contributed by atoms with E-state index in [1.54, 1.807) is 45.0 Å². The van der Waals surface area contributed by atoms with Gasteiger partial charge in [0.2, 0.25) is 0 Å². The van der Waals surface area contributed by atoms with E-state index in [0.29, 0.717) is 11.3 Å². The molecule has 0 spiro atoms. The second-order valence-corrected chi connectivity index (χ2v) is 7.86. The van der Waals surface area contributed by atoms with Crippen LogP contribution in [-0.4, -0.2) is 36.6 Å². The van der Waals surface area contributed by atoms with E-state index in [2.05, 4.69) is 16.0 Å². The Kier molecular flexibility index (Phi) is 6.59. The van der Waals surface area contributed by atoms with Gasteiger partial charge in [0, 0.05) is 13.1 Å². The van der Waals surface area contributed by atoms with Gasteiger partial charge >= 0.3 is 6.09 Å². The van der Waals surface area contributed by atoms with Crippen LogP contribution in [0.1, 0.15) is 41.7 Å². The number of benzene rings is 2. The molecule has 0 saturated heterocycles. The van der Waals surface area contributed by atoms with Crippen molar-refractivity contribution in [1.82, 2.24) is 10.6 Å². The van der Waals surface area contributed by atoms with Gasteiger partial charge in [-0.1, -0.05) is 24.3 Å². The van der Waals surface area contributed by atoms with Gasteiger partial charge in [0.15, 0.2) is 5.76 Å².